The number of aromatic nitrogens is 1. The van der Waals surface area contributed by atoms with Crippen LogP contribution in [0.1, 0.15) is 40.2 Å². The summed E-state index contributed by atoms with van der Waals surface area (Å²) in [6.45, 7) is 0.542. The summed E-state index contributed by atoms with van der Waals surface area (Å²) in [5, 5.41) is 3.24. The predicted octanol–water partition coefficient (Wildman–Crippen LogP) is 3.07. The largest absolute Gasteiger partial charge is 0.325 e. The van der Waals surface area contributed by atoms with Gasteiger partial charge in [0.25, 0.3) is 0 Å². The van der Waals surface area contributed by atoms with Crippen LogP contribution < -0.4 is 5.73 Å². The molecule has 3 rings (SSSR count). The van der Waals surface area contributed by atoms with Crippen molar-refractivity contribution in [2.75, 3.05) is 0 Å². The Morgan fingerprint density at radius 3 is 2.78 bits per heavy atom. The molecule has 0 saturated heterocycles. The van der Waals surface area contributed by atoms with Crippen LogP contribution in [0.5, 0.6) is 0 Å². The Balaban J connectivity index is 1.80. The molecule has 0 saturated carbocycles. The lowest BCUT2D eigenvalue weighted by atomic mass is 9.90. The molecule has 3 heteroatoms. The Morgan fingerprint density at radius 2 is 2.00 bits per heavy atom. The van der Waals surface area contributed by atoms with E-state index in [9.17, 15) is 0 Å². The minimum atomic E-state index is 0.542. The molecule has 1 aliphatic carbocycles. The Hall–Kier alpha value is -1.19. The number of nitrogens with two attached hydrogens (primary N) is 1. The summed E-state index contributed by atoms with van der Waals surface area (Å²) in [4.78, 5) is 4.53. The fourth-order valence-electron chi connectivity index (χ4n) is 2.60. The fraction of sp³-hybridized carbons (Fsp3) is 0.400. The molecule has 2 N–H and O–H groups in total. The molecule has 2 aromatic rings. The maximum atomic E-state index is 5.59. The highest BCUT2D eigenvalue weighted by Crippen LogP contribution is 2.24. The van der Waals surface area contributed by atoms with Gasteiger partial charge >= 0.3 is 0 Å². The van der Waals surface area contributed by atoms with E-state index < -0.39 is 0 Å². The van der Waals surface area contributed by atoms with Gasteiger partial charge in [0.2, 0.25) is 0 Å². The zero-order chi connectivity index (χ0) is 12.4. The highest BCUT2D eigenvalue weighted by atomic mass is 32.1. The minimum Gasteiger partial charge on any atom is -0.325 e. The van der Waals surface area contributed by atoms with Crippen LogP contribution in [-0.2, 0) is 25.8 Å². The van der Waals surface area contributed by atoms with Crippen LogP contribution in [0.2, 0.25) is 0 Å². The number of rotatable bonds is 3. The van der Waals surface area contributed by atoms with Crippen molar-refractivity contribution in [2.45, 2.75) is 38.6 Å². The fourth-order valence-corrected chi connectivity index (χ4v) is 3.44. The lowest BCUT2D eigenvalue weighted by Gasteiger charge is -2.16. The molecule has 1 aromatic heterocycles. The molecule has 0 bridgehead atoms. The van der Waals surface area contributed by atoms with Crippen LogP contribution in [-0.4, -0.2) is 4.98 Å². The zero-order valence-corrected chi connectivity index (χ0v) is 11.3. The Kier molecular flexibility index (Phi) is 3.43. The van der Waals surface area contributed by atoms with Crippen molar-refractivity contribution >= 4 is 11.3 Å². The summed E-state index contributed by atoms with van der Waals surface area (Å²) >= 11 is 1.72. The number of nitrogens with zero attached hydrogens (tertiary/aromatic N) is 1. The lowest BCUT2D eigenvalue weighted by molar-refractivity contribution is 0.684. The molecule has 0 spiro atoms. The van der Waals surface area contributed by atoms with E-state index in [-0.39, 0.29) is 0 Å². The average Bonchev–Trinajstić information content (AvgIpc) is 2.86. The molecule has 0 amide bonds. The van der Waals surface area contributed by atoms with Gasteiger partial charge in [0.1, 0.15) is 0 Å². The van der Waals surface area contributed by atoms with Gasteiger partial charge in [0.15, 0.2) is 0 Å². The van der Waals surface area contributed by atoms with Gasteiger partial charge in [-0.15, -0.1) is 11.3 Å². The van der Waals surface area contributed by atoms with Gasteiger partial charge in [-0.2, -0.15) is 0 Å². The quantitative estimate of drug-likeness (QED) is 0.919. The van der Waals surface area contributed by atoms with Crippen LogP contribution in [0, 0.1) is 0 Å². The number of aryl methyl sites for hydroxylation is 2. The van der Waals surface area contributed by atoms with E-state index in [0.717, 1.165) is 12.1 Å². The summed E-state index contributed by atoms with van der Waals surface area (Å²) in [5.74, 6) is 0. The zero-order valence-electron chi connectivity index (χ0n) is 10.5. The Bertz CT molecular complexity index is 545. The summed E-state index contributed by atoms with van der Waals surface area (Å²) < 4.78 is 0. The topological polar surface area (TPSA) is 38.9 Å². The second-order valence-corrected chi connectivity index (χ2v) is 5.87. The van der Waals surface area contributed by atoms with Crippen molar-refractivity contribution in [3.8, 4) is 0 Å². The van der Waals surface area contributed by atoms with Crippen molar-refractivity contribution in [3.05, 3.63) is 51.0 Å². The number of thiazole rings is 1. The first-order chi connectivity index (χ1) is 8.85. The van der Waals surface area contributed by atoms with Crippen molar-refractivity contribution < 1.29 is 0 Å². The first-order valence-corrected chi connectivity index (χ1v) is 7.47. The van der Waals surface area contributed by atoms with Crippen LogP contribution in [0.25, 0.3) is 0 Å². The number of hydrogen-bond donors (Lipinski definition) is 1. The van der Waals surface area contributed by atoms with Gasteiger partial charge in [-0.1, -0.05) is 18.2 Å². The minimum absolute atomic E-state index is 0.542. The Labute approximate surface area is 112 Å². The summed E-state index contributed by atoms with van der Waals surface area (Å²) in [7, 11) is 0. The second-order valence-electron chi connectivity index (χ2n) is 4.92. The van der Waals surface area contributed by atoms with Crippen LogP contribution >= 0.6 is 11.3 Å². The van der Waals surface area contributed by atoms with Crippen molar-refractivity contribution in [2.24, 2.45) is 5.73 Å². The highest BCUT2D eigenvalue weighted by Gasteiger charge is 2.10. The van der Waals surface area contributed by atoms with Gasteiger partial charge in [0.05, 0.1) is 10.7 Å². The standard InChI is InChI=1S/C15H18N2S/c16-9-14-10-18-15(17-14)8-11-5-6-12-3-1-2-4-13(12)7-11/h5-7,10H,1-4,8-9,16H2. The second kappa shape index (κ2) is 5.21. The molecule has 0 fully saturated rings. The lowest BCUT2D eigenvalue weighted by Crippen LogP contribution is -2.03. The third-order valence-electron chi connectivity index (χ3n) is 3.58. The molecule has 0 radical (unpaired) electrons. The number of benzene rings is 1. The molecule has 0 atom stereocenters. The number of hydrogen-bond acceptors (Lipinski definition) is 3. The van der Waals surface area contributed by atoms with E-state index in [1.807, 2.05) is 0 Å². The smallest absolute Gasteiger partial charge is 0.0972 e. The normalized spacial score (nSPS) is 14.5. The third-order valence-corrected chi connectivity index (χ3v) is 4.47. The van der Waals surface area contributed by atoms with E-state index in [4.69, 9.17) is 5.73 Å². The van der Waals surface area contributed by atoms with E-state index in [2.05, 4.69) is 28.6 Å². The molecular formula is C15H18N2S. The van der Waals surface area contributed by atoms with Crippen molar-refractivity contribution in [3.63, 3.8) is 0 Å². The first-order valence-electron chi connectivity index (χ1n) is 6.59. The van der Waals surface area contributed by atoms with Gasteiger partial charge in [-0.05, 0) is 42.4 Å². The predicted molar refractivity (Wildman–Crippen MR) is 75.9 cm³/mol. The monoisotopic (exact) mass is 258 g/mol. The van der Waals surface area contributed by atoms with Gasteiger partial charge in [-0.25, -0.2) is 4.98 Å². The van der Waals surface area contributed by atoms with Crippen LogP contribution in [0.4, 0.5) is 0 Å². The number of fused-ring (bicyclic) bond motifs is 1. The SMILES string of the molecule is NCc1csc(Cc2ccc3c(c2)CCCC3)n1. The summed E-state index contributed by atoms with van der Waals surface area (Å²) in [5.41, 5.74) is 11.1. The molecule has 0 aliphatic heterocycles. The van der Waals surface area contributed by atoms with Gasteiger partial charge < -0.3 is 5.73 Å². The van der Waals surface area contributed by atoms with E-state index in [1.165, 1.54) is 36.3 Å². The van der Waals surface area contributed by atoms with E-state index >= 15 is 0 Å². The van der Waals surface area contributed by atoms with Crippen LogP contribution in [0.3, 0.4) is 0 Å². The molecule has 18 heavy (non-hydrogen) atoms. The first kappa shape index (κ1) is 11.9. The highest BCUT2D eigenvalue weighted by molar-refractivity contribution is 7.09. The maximum Gasteiger partial charge on any atom is 0.0972 e. The van der Waals surface area contributed by atoms with E-state index in [1.54, 1.807) is 22.5 Å². The maximum absolute atomic E-state index is 5.59. The third kappa shape index (κ3) is 2.47. The van der Waals surface area contributed by atoms with Crippen molar-refractivity contribution in [1.82, 2.24) is 4.98 Å². The molecule has 1 aliphatic rings. The molecule has 1 heterocycles. The Morgan fingerprint density at radius 1 is 1.17 bits per heavy atom. The molecule has 2 nitrogen and oxygen atoms in total. The van der Waals surface area contributed by atoms with Crippen molar-refractivity contribution in [1.29, 1.82) is 0 Å². The van der Waals surface area contributed by atoms with Gasteiger partial charge in [-0.3, -0.25) is 0 Å². The molecule has 94 valence electrons. The summed E-state index contributed by atoms with van der Waals surface area (Å²) in [6, 6.07) is 6.94. The molecule has 1 aromatic carbocycles. The summed E-state index contributed by atoms with van der Waals surface area (Å²) in [6.07, 6.45) is 6.13. The average molecular weight is 258 g/mol. The molecule has 0 unspecified atom stereocenters. The molecular weight excluding hydrogens is 240 g/mol. The van der Waals surface area contributed by atoms with Gasteiger partial charge in [0, 0.05) is 18.3 Å². The van der Waals surface area contributed by atoms with Crippen LogP contribution in [0.15, 0.2) is 23.6 Å². The van der Waals surface area contributed by atoms with E-state index in [0.29, 0.717) is 6.54 Å².